The molecule has 0 fully saturated rings. The largest absolute Gasteiger partial charge is 0.352 e. The van der Waals surface area contributed by atoms with Crippen LogP contribution in [0.5, 0.6) is 0 Å². The lowest BCUT2D eigenvalue weighted by Crippen LogP contribution is -2.23. The molecule has 4 nitrogen and oxygen atoms in total. The van der Waals surface area contributed by atoms with Crippen LogP contribution in [0, 0.1) is 0 Å². The van der Waals surface area contributed by atoms with Gasteiger partial charge in [-0.3, -0.25) is 4.79 Å². The number of imidazole rings is 1. The molecule has 6 heteroatoms. The summed E-state index contributed by atoms with van der Waals surface area (Å²) in [5.74, 6) is 0.683. The van der Waals surface area contributed by atoms with Crippen molar-refractivity contribution in [1.29, 1.82) is 0 Å². The van der Waals surface area contributed by atoms with Crippen molar-refractivity contribution in [3.8, 4) is 0 Å². The minimum atomic E-state index is 0.00790. The van der Waals surface area contributed by atoms with E-state index in [2.05, 4.69) is 15.3 Å². The number of aromatic nitrogens is 2. The Balaban J connectivity index is 1.45. The summed E-state index contributed by atoms with van der Waals surface area (Å²) in [5, 5.41) is 4.39. The van der Waals surface area contributed by atoms with Crippen molar-refractivity contribution in [3.05, 3.63) is 59.1 Å². The normalized spacial score (nSPS) is 10.8. The van der Waals surface area contributed by atoms with E-state index >= 15 is 0 Å². The van der Waals surface area contributed by atoms with Crippen LogP contribution >= 0.6 is 23.4 Å². The molecular formula is C17H16ClN3OS. The lowest BCUT2D eigenvalue weighted by molar-refractivity contribution is -0.120. The van der Waals surface area contributed by atoms with Gasteiger partial charge in [-0.15, -0.1) is 0 Å². The second-order valence-corrected chi connectivity index (χ2v) is 6.52. The standard InChI is InChI=1S/C17H16ClN3OS/c18-13-6-2-1-5-12(13)11-19-16(22)9-10-23-17-20-14-7-3-4-8-15(14)21-17/h1-8H,9-11H2,(H,19,22)(H,20,21). The minimum absolute atomic E-state index is 0.00790. The molecule has 0 saturated carbocycles. The average Bonchev–Trinajstić information content (AvgIpc) is 2.97. The summed E-state index contributed by atoms with van der Waals surface area (Å²) in [6.45, 7) is 0.452. The smallest absolute Gasteiger partial charge is 0.221 e. The molecule has 0 aliphatic heterocycles. The number of benzene rings is 2. The van der Waals surface area contributed by atoms with Gasteiger partial charge in [0, 0.05) is 23.7 Å². The summed E-state index contributed by atoms with van der Waals surface area (Å²) in [6, 6.07) is 15.4. The number of hydrogen-bond acceptors (Lipinski definition) is 3. The van der Waals surface area contributed by atoms with Crippen molar-refractivity contribution < 1.29 is 4.79 Å². The lowest BCUT2D eigenvalue weighted by Gasteiger charge is -2.06. The van der Waals surface area contributed by atoms with E-state index in [0.29, 0.717) is 23.7 Å². The summed E-state index contributed by atoms with van der Waals surface area (Å²) < 4.78 is 0. The molecule has 0 saturated heterocycles. The summed E-state index contributed by atoms with van der Waals surface area (Å²) in [5.41, 5.74) is 2.88. The zero-order valence-corrected chi connectivity index (χ0v) is 14.0. The maximum atomic E-state index is 11.9. The summed E-state index contributed by atoms with van der Waals surface area (Å²) in [7, 11) is 0. The molecule has 0 atom stereocenters. The van der Waals surface area contributed by atoms with Crippen LogP contribution in [0.2, 0.25) is 5.02 Å². The number of halogens is 1. The fraction of sp³-hybridized carbons (Fsp3) is 0.176. The van der Waals surface area contributed by atoms with Gasteiger partial charge in [0.2, 0.25) is 5.91 Å². The zero-order valence-electron chi connectivity index (χ0n) is 12.4. The van der Waals surface area contributed by atoms with E-state index in [1.807, 2.05) is 48.5 Å². The Bertz CT molecular complexity index is 785. The first-order chi connectivity index (χ1) is 11.2. The summed E-state index contributed by atoms with van der Waals surface area (Å²) in [4.78, 5) is 19.6. The Kier molecular flexibility index (Phi) is 5.20. The number of fused-ring (bicyclic) bond motifs is 1. The third-order valence-electron chi connectivity index (χ3n) is 3.37. The van der Waals surface area contributed by atoms with Gasteiger partial charge in [0.1, 0.15) is 0 Å². The fourth-order valence-electron chi connectivity index (χ4n) is 2.16. The van der Waals surface area contributed by atoms with Crippen molar-refractivity contribution >= 4 is 40.3 Å². The van der Waals surface area contributed by atoms with E-state index in [0.717, 1.165) is 21.8 Å². The molecular weight excluding hydrogens is 330 g/mol. The van der Waals surface area contributed by atoms with Gasteiger partial charge in [0.25, 0.3) is 0 Å². The molecule has 0 unspecified atom stereocenters. The van der Waals surface area contributed by atoms with Crippen LogP contribution < -0.4 is 5.32 Å². The van der Waals surface area contributed by atoms with Crippen LogP contribution in [0.4, 0.5) is 0 Å². The quantitative estimate of drug-likeness (QED) is 0.663. The summed E-state index contributed by atoms with van der Waals surface area (Å²) >= 11 is 7.61. The Labute approximate surface area is 143 Å². The highest BCUT2D eigenvalue weighted by Crippen LogP contribution is 2.19. The van der Waals surface area contributed by atoms with E-state index in [-0.39, 0.29) is 5.91 Å². The fourth-order valence-corrected chi connectivity index (χ4v) is 3.19. The van der Waals surface area contributed by atoms with Crippen LogP contribution in [0.1, 0.15) is 12.0 Å². The van der Waals surface area contributed by atoms with Gasteiger partial charge in [-0.1, -0.05) is 53.7 Å². The van der Waals surface area contributed by atoms with Crippen LogP contribution in [0.25, 0.3) is 11.0 Å². The first-order valence-electron chi connectivity index (χ1n) is 7.30. The van der Waals surface area contributed by atoms with Gasteiger partial charge in [-0.2, -0.15) is 0 Å². The van der Waals surface area contributed by atoms with Crippen molar-refractivity contribution in [3.63, 3.8) is 0 Å². The number of nitrogens with zero attached hydrogens (tertiary/aromatic N) is 1. The van der Waals surface area contributed by atoms with Crippen molar-refractivity contribution in [2.75, 3.05) is 5.75 Å². The molecule has 23 heavy (non-hydrogen) atoms. The molecule has 0 aliphatic rings. The average molecular weight is 346 g/mol. The highest BCUT2D eigenvalue weighted by molar-refractivity contribution is 7.99. The third kappa shape index (κ3) is 4.27. The lowest BCUT2D eigenvalue weighted by atomic mass is 10.2. The van der Waals surface area contributed by atoms with Crippen molar-refractivity contribution in [2.45, 2.75) is 18.1 Å². The van der Waals surface area contributed by atoms with Crippen LogP contribution in [0.3, 0.4) is 0 Å². The van der Waals surface area contributed by atoms with Gasteiger partial charge in [-0.05, 0) is 23.8 Å². The molecule has 1 heterocycles. The monoisotopic (exact) mass is 345 g/mol. The van der Waals surface area contributed by atoms with Crippen LogP contribution in [-0.4, -0.2) is 21.6 Å². The van der Waals surface area contributed by atoms with Gasteiger partial charge in [0.15, 0.2) is 5.16 Å². The number of thioether (sulfide) groups is 1. The van der Waals surface area contributed by atoms with Gasteiger partial charge >= 0.3 is 0 Å². The number of aromatic amines is 1. The minimum Gasteiger partial charge on any atom is -0.352 e. The summed E-state index contributed by atoms with van der Waals surface area (Å²) in [6.07, 6.45) is 0.437. The number of rotatable bonds is 6. The number of hydrogen-bond donors (Lipinski definition) is 2. The van der Waals surface area contributed by atoms with Crippen LogP contribution in [-0.2, 0) is 11.3 Å². The van der Waals surface area contributed by atoms with Crippen molar-refractivity contribution in [2.24, 2.45) is 0 Å². The first kappa shape index (κ1) is 15.9. The molecule has 3 rings (SSSR count). The number of H-pyrrole nitrogens is 1. The van der Waals surface area contributed by atoms with E-state index < -0.39 is 0 Å². The Morgan fingerprint density at radius 3 is 2.78 bits per heavy atom. The van der Waals surface area contributed by atoms with E-state index in [4.69, 9.17) is 11.6 Å². The Morgan fingerprint density at radius 1 is 1.17 bits per heavy atom. The number of nitrogens with one attached hydrogen (secondary N) is 2. The number of amides is 1. The van der Waals surface area contributed by atoms with Crippen LogP contribution in [0.15, 0.2) is 53.7 Å². The second-order valence-electron chi connectivity index (χ2n) is 5.03. The molecule has 2 aromatic carbocycles. The molecule has 1 aromatic heterocycles. The number of carbonyl (C=O) groups excluding carboxylic acids is 1. The molecule has 2 N–H and O–H groups in total. The molecule has 0 aliphatic carbocycles. The highest BCUT2D eigenvalue weighted by Gasteiger charge is 2.06. The topological polar surface area (TPSA) is 57.8 Å². The second kappa shape index (κ2) is 7.53. The van der Waals surface area contributed by atoms with Gasteiger partial charge in [-0.25, -0.2) is 4.98 Å². The van der Waals surface area contributed by atoms with Crippen molar-refractivity contribution in [1.82, 2.24) is 15.3 Å². The first-order valence-corrected chi connectivity index (χ1v) is 8.66. The Hall–Kier alpha value is -1.98. The molecule has 1 amide bonds. The van der Waals surface area contributed by atoms with E-state index in [1.165, 1.54) is 0 Å². The predicted molar refractivity (Wildman–Crippen MR) is 94.7 cm³/mol. The zero-order chi connectivity index (χ0) is 16.1. The predicted octanol–water partition coefficient (Wildman–Crippen LogP) is 4.01. The Morgan fingerprint density at radius 2 is 1.96 bits per heavy atom. The van der Waals surface area contributed by atoms with E-state index in [9.17, 15) is 4.79 Å². The SMILES string of the molecule is O=C(CCSc1nc2ccccc2[nH]1)NCc1ccccc1Cl. The molecule has 118 valence electrons. The molecule has 0 radical (unpaired) electrons. The molecule has 0 bridgehead atoms. The highest BCUT2D eigenvalue weighted by atomic mass is 35.5. The number of carbonyl (C=O) groups is 1. The maximum absolute atomic E-state index is 11.9. The van der Waals surface area contributed by atoms with E-state index in [1.54, 1.807) is 11.8 Å². The maximum Gasteiger partial charge on any atom is 0.221 e. The molecule has 3 aromatic rings. The van der Waals surface area contributed by atoms with Gasteiger partial charge in [0.05, 0.1) is 11.0 Å². The third-order valence-corrected chi connectivity index (χ3v) is 4.61. The van der Waals surface area contributed by atoms with Gasteiger partial charge < -0.3 is 10.3 Å². The number of para-hydroxylation sites is 2. The molecule has 0 spiro atoms.